The minimum atomic E-state index is -0.850. The van der Waals surface area contributed by atoms with E-state index in [1.807, 2.05) is 6.92 Å². The number of rotatable bonds is 7. The van der Waals surface area contributed by atoms with Crippen molar-refractivity contribution >= 4 is 5.96 Å². The summed E-state index contributed by atoms with van der Waals surface area (Å²) in [6.45, 7) is 9.84. The molecule has 1 saturated heterocycles. The third-order valence-electron chi connectivity index (χ3n) is 5.60. The average Bonchev–Trinajstić information content (AvgIpc) is 2.70. The summed E-state index contributed by atoms with van der Waals surface area (Å²) in [7, 11) is 0. The van der Waals surface area contributed by atoms with Crippen molar-refractivity contribution in [3.63, 3.8) is 0 Å². The number of benzene rings is 1. The van der Waals surface area contributed by atoms with Crippen LogP contribution in [0.5, 0.6) is 0 Å². The molecule has 2 unspecified atom stereocenters. The first-order valence-electron chi connectivity index (χ1n) is 10.7. The average molecular weight is 389 g/mol. The van der Waals surface area contributed by atoms with Gasteiger partial charge in [0.1, 0.15) is 0 Å². The molecule has 2 atom stereocenters. The quantitative estimate of drug-likeness (QED) is 0.490. The number of β-amino-alcohol motifs (C(OH)–C–C–N with tert-alkyl or cyclic N) is 1. The largest absolute Gasteiger partial charge is 0.387 e. The molecule has 6 nitrogen and oxygen atoms in total. The monoisotopic (exact) mass is 388 g/mol. The van der Waals surface area contributed by atoms with Crippen molar-refractivity contribution < 1.29 is 9.84 Å². The summed E-state index contributed by atoms with van der Waals surface area (Å²) in [6.07, 6.45) is 3.63. The summed E-state index contributed by atoms with van der Waals surface area (Å²) in [4.78, 5) is 6.93. The van der Waals surface area contributed by atoms with Gasteiger partial charge >= 0.3 is 0 Å². The van der Waals surface area contributed by atoms with Crippen molar-refractivity contribution in [1.82, 2.24) is 15.5 Å². The molecule has 0 aromatic heterocycles. The summed E-state index contributed by atoms with van der Waals surface area (Å²) in [5.74, 6) is 1.30. The highest BCUT2D eigenvalue weighted by Crippen LogP contribution is 2.30. The molecule has 156 valence electrons. The Morgan fingerprint density at radius 2 is 2.07 bits per heavy atom. The predicted molar refractivity (Wildman–Crippen MR) is 114 cm³/mol. The van der Waals surface area contributed by atoms with Crippen LogP contribution in [0.1, 0.15) is 43.7 Å². The molecule has 1 aromatic carbocycles. The standard InChI is InChI=1S/C22H36N4O2/c1-3-23-21(25-16-22(2,27)17-26-11-13-28-14-12-26)24-15-19-9-6-8-18-7-4-5-10-20(18)19/h4-5,7,10,19,27H,3,6,8-9,11-17H2,1-2H3,(H2,23,24,25). The summed E-state index contributed by atoms with van der Waals surface area (Å²) >= 11 is 0. The first-order chi connectivity index (χ1) is 13.6. The molecule has 0 bridgehead atoms. The number of ether oxygens (including phenoxy) is 1. The van der Waals surface area contributed by atoms with Gasteiger partial charge in [-0.1, -0.05) is 24.3 Å². The fourth-order valence-electron chi connectivity index (χ4n) is 4.17. The minimum Gasteiger partial charge on any atom is -0.387 e. The molecule has 1 aromatic rings. The second kappa shape index (κ2) is 10.2. The number of aryl methyl sites for hydroxylation is 1. The first-order valence-corrected chi connectivity index (χ1v) is 10.7. The highest BCUT2D eigenvalue weighted by atomic mass is 16.5. The van der Waals surface area contributed by atoms with Crippen molar-refractivity contribution in [3.8, 4) is 0 Å². The number of nitrogens with one attached hydrogen (secondary N) is 2. The van der Waals surface area contributed by atoms with Crippen molar-refractivity contribution in [2.75, 3.05) is 52.5 Å². The Morgan fingerprint density at radius 3 is 2.86 bits per heavy atom. The lowest BCUT2D eigenvalue weighted by Gasteiger charge is -2.33. The maximum absolute atomic E-state index is 10.8. The molecular weight excluding hydrogens is 352 g/mol. The maximum Gasteiger partial charge on any atom is 0.191 e. The van der Waals surface area contributed by atoms with Gasteiger partial charge in [-0.3, -0.25) is 9.89 Å². The van der Waals surface area contributed by atoms with Gasteiger partial charge in [0.05, 0.1) is 25.4 Å². The van der Waals surface area contributed by atoms with Crippen molar-refractivity contribution in [2.45, 2.75) is 44.6 Å². The summed E-state index contributed by atoms with van der Waals surface area (Å²) in [5.41, 5.74) is 2.10. The third kappa shape index (κ3) is 6.19. The Balaban J connectivity index is 1.55. The third-order valence-corrected chi connectivity index (χ3v) is 5.60. The normalized spacial score (nSPS) is 23.0. The molecule has 0 spiro atoms. The van der Waals surface area contributed by atoms with E-state index in [4.69, 9.17) is 4.74 Å². The molecule has 1 fully saturated rings. The minimum absolute atomic E-state index is 0.376. The van der Waals surface area contributed by atoms with E-state index in [0.717, 1.165) is 45.4 Å². The van der Waals surface area contributed by atoms with Gasteiger partial charge in [-0.2, -0.15) is 0 Å². The Morgan fingerprint density at radius 1 is 1.29 bits per heavy atom. The molecule has 0 radical (unpaired) electrons. The molecular formula is C22H36N4O2. The molecule has 1 heterocycles. The van der Waals surface area contributed by atoms with Crippen molar-refractivity contribution in [2.24, 2.45) is 4.99 Å². The van der Waals surface area contributed by atoms with E-state index in [1.165, 1.54) is 30.4 Å². The Hall–Kier alpha value is -1.63. The van der Waals surface area contributed by atoms with Crippen LogP contribution in [-0.4, -0.2) is 74.0 Å². The molecule has 28 heavy (non-hydrogen) atoms. The van der Waals surface area contributed by atoms with E-state index in [9.17, 15) is 5.11 Å². The lowest BCUT2D eigenvalue weighted by molar-refractivity contribution is -0.0179. The van der Waals surface area contributed by atoms with Crippen LogP contribution in [-0.2, 0) is 11.2 Å². The molecule has 3 N–H and O–H groups in total. The maximum atomic E-state index is 10.8. The topological polar surface area (TPSA) is 69.1 Å². The van der Waals surface area contributed by atoms with E-state index >= 15 is 0 Å². The molecule has 1 aliphatic carbocycles. The lowest BCUT2D eigenvalue weighted by Crippen LogP contribution is -2.48. The van der Waals surface area contributed by atoms with Gasteiger partial charge in [0.25, 0.3) is 0 Å². The van der Waals surface area contributed by atoms with E-state index < -0.39 is 5.60 Å². The number of hydrogen-bond donors (Lipinski definition) is 3. The number of guanidine groups is 1. The van der Waals surface area contributed by atoms with Crippen LogP contribution < -0.4 is 10.6 Å². The van der Waals surface area contributed by atoms with Crippen LogP contribution in [0, 0.1) is 0 Å². The highest BCUT2D eigenvalue weighted by Gasteiger charge is 2.25. The number of morpholine rings is 1. The fraction of sp³-hybridized carbons (Fsp3) is 0.682. The van der Waals surface area contributed by atoms with Gasteiger partial charge in [-0.05, 0) is 44.2 Å². The molecule has 2 aliphatic rings. The summed E-state index contributed by atoms with van der Waals surface area (Å²) in [6, 6.07) is 8.79. The van der Waals surface area contributed by atoms with Gasteiger partial charge in [-0.15, -0.1) is 0 Å². The van der Waals surface area contributed by atoms with Crippen LogP contribution >= 0.6 is 0 Å². The Bertz CT molecular complexity index is 641. The van der Waals surface area contributed by atoms with E-state index in [0.29, 0.717) is 19.0 Å². The van der Waals surface area contributed by atoms with E-state index in [2.05, 4.69) is 51.7 Å². The van der Waals surface area contributed by atoms with Crippen LogP contribution in [0.4, 0.5) is 0 Å². The van der Waals surface area contributed by atoms with Crippen LogP contribution in [0.3, 0.4) is 0 Å². The number of fused-ring (bicyclic) bond motifs is 1. The zero-order valence-electron chi connectivity index (χ0n) is 17.4. The number of aliphatic hydroxyl groups is 1. The van der Waals surface area contributed by atoms with Gasteiger partial charge in [0, 0.05) is 38.6 Å². The Kier molecular flexibility index (Phi) is 7.71. The van der Waals surface area contributed by atoms with Gasteiger partial charge in [-0.25, -0.2) is 0 Å². The van der Waals surface area contributed by atoms with Gasteiger partial charge in [0.2, 0.25) is 0 Å². The molecule has 1 aliphatic heterocycles. The second-order valence-corrected chi connectivity index (χ2v) is 8.25. The van der Waals surface area contributed by atoms with Crippen molar-refractivity contribution in [1.29, 1.82) is 0 Å². The number of hydrogen-bond acceptors (Lipinski definition) is 4. The zero-order valence-corrected chi connectivity index (χ0v) is 17.4. The highest BCUT2D eigenvalue weighted by molar-refractivity contribution is 5.79. The number of aliphatic imine (C=N–C) groups is 1. The SMILES string of the molecule is CCNC(=NCC(C)(O)CN1CCOCC1)NCC1CCCc2ccccc21. The fourth-order valence-corrected chi connectivity index (χ4v) is 4.17. The molecule has 0 saturated carbocycles. The Labute approximate surface area is 169 Å². The van der Waals surface area contributed by atoms with Crippen LogP contribution in [0.2, 0.25) is 0 Å². The van der Waals surface area contributed by atoms with Gasteiger partial charge in [0.15, 0.2) is 5.96 Å². The van der Waals surface area contributed by atoms with Crippen LogP contribution in [0.25, 0.3) is 0 Å². The smallest absolute Gasteiger partial charge is 0.191 e. The summed E-state index contributed by atoms with van der Waals surface area (Å²) < 4.78 is 5.39. The lowest BCUT2D eigenvalue weighted by atomic mass is 9.83. The summed E-state index contributed by atoms with van der Waals surface area (Å²) in [5, 5.41) is 17.6. The molecule has 0 amide bonds. The van der Waals surface area contributed by atoms with E-state index in [1.54, 1.807) is 0 Å². The predicted octanol–water partition coefficient (Wildman–Crippen LogP) is 1.74. The van der Waals surface area contributed by atoms with E-state index in [-0.39, 0.29) is 0 Å². The van der Waals surface area contributed by atoms with Crippen LogP contribution in [0.15, 0.2) is 29.3 Å². The first kappa shape index (κ1) is 21.1. The zero-order chi connectivity index (χ0) is 19.8. The number of nitrogens with zero attached hydrogens (tertiary/aromatic N) is 2. The second-order valence-electron chi connectivity index (χ2n) is 8.25. The molecule has 3 rings (SSSR count). The van der Waals surface area contributed by atoms with Gasteiger partial charge < -0.3 is 20.5 Å². The molecule has 6 heteroatoms. The van der Waals surface area contributed by atoms with Crippen molar-refractivity contribution in [3.05, 3.63) is 35.4 Å².